The number of nitrogens with one attached hydrogen (secondary N) is 1. The van der Waals surface area contributed by atoms with Gasteiger partial charge in [0, 0.05) is 12.5 Å². The maximum atomic E-state index is 13.8. The third kappa shape index (κ3) is 2.85. The molecule has 2 aromatic rings. The molecule has 0 fully saturated rings. The fraction of sp³-hybridized carbons (Fsp3) is 0.222. The van der Waals surface area contributed by atoms with Crippen molar-refractivity contribution >= 4 is 5.91 Å². The first kappa shape index (κ1) is 16.1. The van der Waals surface area contributed by atoms with Crippen molar-refractivity contribution in [2.75, 3.05) is 0 Å². The topological polar surface area (TPSA) is 52.9 Å². The molecular weight excluding hydrogens is 317 g/mol. The number of hydrogen-bond donors (Lipinski definition) is 1. The van der Waals surface area contributed by atoms with E-state index >= 15 is 0 Å². The Balaban J connectivity index is 1.88. The summed E-state index contributed by atoms with van der Waals surface area (Å²) in [5, 5.41) is 12.0. The third-order valence-corrected chi connectivity index (χ3v) is 4.25. The van der Waals surface area contributed by atoms with Gasteiger partial charge in [-0.1, -0.05) is 24.3 Å². The average Bonchev–Trinajstić information content (AvgIpc) is 2.58. The molecule has 0 aliphatic heterocycles. The number of benzene rings is 2. The number of nitriles is 1. The monoisotopic (exact) mass is 330 g/mol. The zero-order valence-electron chi connectivity index (χ0n) is 12.6. The largest absolute Gasteiger partial charge is 0.333 e. The fourth-order valence-electron chi connectivity index (χ4n) is 2.95. The van der Waals surface area contributed by atoms with E-state index in [9.17, 15) is 23.2 Å². The van der Waals surface area contributed by atoms with Crippen molar-refractivity contribution in [1.82, 2.24) is 5.32 Å². The molecule has 3 rings (SSSR count). The maximum absolute atomic E-state index is 13.8. The molecule has 24 heavy (non-hydrogen) atoms. The number of rotatable bonds is 2. The predicted octanol–water partition coefficient (Wildman–Crippen LogP) is 3.28. The summed E-state index contributed by atoms with van der Waals surface area (Å²) in [5.74, 6) is -4.80. The molecule has 2 aromatic carbocycles. The minimum absolute atomic E-state index is 0.275. The van der Waals surface area contributed by atoms with Crippen molar-refractivity contribution in [3.8, 4) is 6.07 Å². The van der Waals surface area contributed by atoms with Gasteiger partial charge in [0.15, 0.2) is 11.6 Å². The zero-order chi connectivity index (χ0) is 17.3. The third-order valence-electron chi connectivity index (χ3n) is 4.25. The number of halogens is 3. The first-order chi connectivity index (χ1) is 11.4. The van der Waals surface area contributed by atoms with Gasteiger partial charge in [-0.3, -0.25) is 4.79 Å². The second-order valence-electron chi connectivity index (χ2n) is 5.84. The van der Waals surface area contributed by atoms with Gasteiger partial charge in [-0.15, -0.1) is 0 Å². The standard InChI is InChI=1S/C18H13F3N2O/c19-14-8-16(21)15(20)7-13(14)17(24)23-18(10-22)6-5-11-3-1-2-4-12(11)9-18/h1-4,7-8H,5-6,9H2,(H,23,24)/t18-/m0/s1. The Labute approximate surface area is 136 Å². The van der Waals surface area contributed by atoms with E-state index in [4.69, 9.17) is 0 Å². The highest BCUT2D eigenvalue weighted by Gasteiger charge is 2.36. The first-order valence-electron chi connectivity index (χ1n) is 7.39. The molecule has 3 nitrogen and oxygen atoms in total. The SMILES string of the molecule is N#C[C@]1(NC(=O)c2cc(F)c(F)cc2F)CCc2ccccc2C1. The van der Waals surface area contributed by atoms with E-state index in [1.54, 1.807) is 0 Å². The maximum Gasteiger partial charge on any atom is 0.255 e. The highest BCUT2D eigenvalue weighted by molar-refractivity contribution is 5.95. The second-order valence-corrected chi connectivity index (χ2v) is 5.84. The van der Waals surface area contributed by atoms with Gasteiger partial charge in [-0.2, -0.15) is 5.26 Å². The summed E-state index contributed by atoms with van der Waals surface area (Å²) >= 11 is 0. The average molecular weight is 330 g/mol. The Morgan fingerprint density at radius 3 is 2.46 bits per heavy atom. The van der Waals surface area contributed by atoms with E-state index in [0.717, 1.165) is 11.1 Å². The number of carbonyl (C=O) groups is 1. The summed E-state index contributed by atoms with van der Waals surface area (Å²) < 4.78 is 40.0. The van der Waals surface area contributed by atoms with Gasteiger partial charge in [0.25, 0.3) is 5.91 Å². The van der Waals surface area contributed by atoms with Gasteiger partial charge in [0.2, 0.25) is 0 Å². The molecule has 0 radical (unpaired) electrons. The lowest BCUT2D eigenvalue weighted by molar-refractivity contribution is 0.0908. The van der Waals surface area contributed by atoms with Crippen molar-refractivity contribution in [1.29, 1.82) is 5.26 Å². The van der Waals surface area contributed by atoms with Gasteiger partial charge in [0.1, 0.15) is 11.4 Å². The normalized spacial score (nSPS) is 19.2. The molecule has 1 aliphatic carbocycles. The summed E-state index contributed by atoms with van der Waals surface area (Å²) in [5.41, 5.74) is 0.193. The molecule has 0 saturated heterocycles. The Kier molecular flexibility index (Phi) is 4.02. The summed E-state index contributed by atoms with van der Waals surface area (Å²) in [4.78, 5) is 12.3. The van der Waals surface area contributed by atoms with Crippen LogP contribution in [0.25, 0.3) is 0 Å². The smallest absolute Gasteiger partial charge is 0.255 e. The summed E-state index contributed by atoms with van der Waals surface area (Å²) in [6.07, 6.45) is 1.22. The van der Waals surface area contributed by atoms with E-state index in [0.29, 0.717) is 25.0 Å². The number of hydrogen-bond acceptors (Lipinski definition) is 2. The van der Waals surface area contributed by atoms with Crippen molar-refractivity contribution in [2.24, 2.45) is 0 Å². The van der Waals surface area contributed by atoms with Crippen LogP contribution in [0.4, 0.5) is 13.2 Å². The lowest BCUT2D eigenvalue weighted by Gasteiger charge is -2.33. The van der Waals surface area contributed by atoms with Gasteiger partial charge >= 0.3 is 0 Å². The number of amides is 1. The van der Waals surface area contributed by atoms with Crippen LogP contribution in [0.2, 0.25) is 0 Å². The van der Waals surface area contributed by atoms with Crippen LogP contribution in [0.5, 0.6) is 0 Å². The number of nitrogens with zero attached hydrogens (tertiary/aromatic N) is 1. The summed E-state index contributed by atoms with van der Waals surface area (Å²) in [6.45, 7) is 0. The van der Waals surface area contributed by atoms with Crippen LogP contribution in [0.3, 0.4) is 0 Å². The predicted molar refractivity (Wildman–Crippen MR) is 80.6 cm³/mol. The summed E-state index contributed by atoms with van der Waals surface area (Å²) in [7, 11) is 0. The molecule has 6 heteroatoms. The molecule has 1 atom stereocenters. The molecule has 0 spiro atoms. The Hall–Kier alpha value is -2.81. The lowest BCUT2D eigenvalue weighted by Crippen LogP contribution is -2.51. The van der Waals surface area contributed by atoms with Crippen molar-refractivity contribution in [3.63, 3.8) is 0 Å². The van der Waals surface area contributed by atoms with E-state index in [-0.39, 0.29) is 6.42 Å². The Morgan fingerprint density at radius 1 is 1.08 bits per heavy atom. The molecule has 1 N–H and O–H groups in total. The molecule has 0 saturated carbocycles. The van der Waals surface area contributed by atoms with E-state index in [1.807, 2.05) is 24.3 Å². The Bertz CT molecular complexity index is 860. The van der Waals surface area contributed by atoms with Crippen LogP contribution in [0.1, 0.15) is 27.9 Å². The Morgan fingerprint density at radius 2 is 1.75 bits per heavy atom. The number of aryl methyl sites for hydroxylation is 1. The summed E-state index contributed by atoms with van der Waals surface area (Å²) in [6, 6.07) is 10.5. The first-order valence-corrected chi connectivity index (χ1v) is 7.39. The van der Waals surface area contributed by atoms with E-state index in [2.05, 4.69) is 11.4 Å². The highest BCUT2D eigenvalue weighted by Crippen LogP contribution is 2.29. The van der Waals surface area contributed by atoms with Crippen molar-refractivity contribution in [3.05, 3.63) is 70.5 Å². The molecule has 0 aromatic heterocycles. The van der Waals surface area contributed by atoms with E-state index in [1.165, 1.54) is 0 Å². The molecular formula is C18H13F3N2O. The number of carbonyl (C=O) groups excluding carboxylic acids is 1. The highest BCUT2D eigenvalue weighted by atomic mass is 19.2. The van der Waals surface area contributed by atoms with Crippen LogP contribution >= 0.6 is 0 Å². The molecule has 1 aliphatic rings. The van der Waals surface area contributed by atoms with Gasteiger partial charge < -0.3 is 5.32 Å². The van der Waals surface area contributed by atoms with Gasteiger partial charge in [0.05, 0.1) is 11.6 Å². The van der Waals surface area contributed by atoms with Gasteiger partial charge in [-0.05, 0) is 30.0 Å². The minimum atomic E-state index is -1.37. The second kappa shape index (κ2) is 6.00. The molecule has 0 bridgehead atoms. The van der Waals surface area contributed by atoms with Crippen LogP contribution < -0.4 is 5.32 Å². The van der Waals surface area contributed by atoms with Crippen LogP contribution in [0.15, 0.2) is 36.4 Å². The molecule has 1 amide bonds. The molecule has 0 unspecified atom stereocenters. The lowest BCUT2D eigenvalue weighted by atomic mass is 9.78. The van der Waals surface area contributed by atoms with Crippen LogP contribution in [-0.4, -0.2) is 11.4 Å². The fourth-order valence-corrected chi connectivity index (χ4v) is 2.95. The van der Waals surface area contributed by atoms with E-state index < -0.39 is 34.5 Å². The van der Waals surface area contributed by atoms with Crippen molar-refractivity contribution < 1.29 is 18.0 Å². The molecule has 0 heterocycles. The molecule has 122 valence electrons. The minimum Gasteiger partial charge on any atom is -0.333 e. The van der Waals surface area contributed by atoms with Crippen LogP contribution in [-0.2, 0) is 12.8 Å². The van der Waals surface area contributed by atoms with Crippen LogP contribution in [0, 0.1) is 28.8 Å². The van der Waals surface area contributed by atoms with Gasteiger partial charge in [-0.25, -0.2) is 13.2 Å². The van der Waals surface area contributed by atoms with Crippen molar-refractivity contribution in [2.45, 2.75) is 24.8 Å². The zero-order valence-corrected chi connectivity index (χ0v) is 12.6. The quantitative estimate of drug-likeness (QED) is 0.859. The number of fused-ring (bicyclic) bond motifs is 1.